The van der Waals surface area contributed by atoms with Crippen LogP contribution in [0.3, 0.4) is 0 Å². The molecule has 0 spiro atoms. The highest BCUT2D eigenvalue weighted by molar-refractivity contribution is 7.16. The van der Waals surface area contributed by atoms with Gasteiger partial charge in [0.15, 0.2) is 0 Å². The molecule has 0 radical (unpaired) electrons. The van der Waals surface area contributed by atoms with Gasteiger partial charge in [0.1, 0.15) is 11.1 Å². The molecule has 1 amide bonds. The minimum atomic E-state index is -0.263. The van der Waals surface area contributed by atoms with E-state index in [-0.39, 0.29) is 5.91 Å². The van der Waals surface area contributed by atoms with E-state index in [1.165, 1.54) is 17.7 Å². The first-order valence-electron chi connectivity index (χ1n) is 7.81. The summed E-state index contributed by atoms with van der Waals surface area (Å²) in [5, 5.41) is 13.5. The molecule has 0 saturated carbocycles. The van der Waals surface area contributed by atoms with Crippen LogP contribution in [0.15, 0.2) is 24.3 Å². The average Bonchev–Trinajstić information content (AvgIpc) is 2.83. The Balaban J connectivity index is 1.91. The van der Waals surface area contributed by atoms with Crippen LogP contribution in [-0.2, 0) is 12.8 Å². The maximum absolute atomic E-state index is 12.5. The monoisotopic (exact) mass is 344 g/mol. The Hall–Kier alpha value is -1.83. The molecule has 2 aromatic rings. The summed E-state index contributed by atoms with van der Waals surface area (Å²) in [5.74, 6) is -0.263. The van der Waals surface area contributed by atoms with Gasteiger partial charge in [-0.15, -0.1) is 11.3 Å². The van der Waals surface area contributed by atoms with E-state index in [2.05, 4.69) is 11.4 Å². The Morgan fingerprint density at radius 3 is 2.65 bits per heavy atom. The molecule has 23 heavy (non-hydrogen) atoms. The minimum absolute atomic E-state index is 0.263. The topological polar surface area (TPSA) is 52.9 Å². The molecule has 1 aromatic carbocycles. The third-order valence-corrected chi connectivity index (χ3v) is 5.67. The van der Waals surface area contributed by atoms with Gasteiger partial charge in [0.25, 0.3) is 5.91 Å². The molecule has 1 aliphatic rings. The zero-order chi connectivity index (χ0) is 16.2. The fraction of sp³-hybridized carbons (Fsp3) is 0.333. The van der Waals surface area contributed by atoms with Gasteiger partial charge in [-0.3, -0.25) is 4.79 Å². The SMILES string of the molecule is N#Cc1c(NC(=O)c2ccccc2Cl)sc2c1CCCCCC2. The largest absolute Gasteiger partial charge is 0.312 e. The highest BCUT2D eigenvalue weighted by Gasteiger charge is 2.21. The first-order valence-corrected chi connectivity index (χ1v) is 9.00. The van der Waals surface area contributed by atoms with Gasteiger partial charge in [-0.05, 0) is 43.4 Å². The van der Waals surface area contributed by atoms with Crippen LogP contribution in [0.2, 0.25) is 5.02 Å². The minimum Gasteiger partial charge on any atom is -0.312 e. The number of nitrogens with one attached hydrogen (secondary N) is 1. The van der Waals surface area contributed by atoms with Gasteiger partial charge in [-0.25, -0.2) is 0 Å². The van der Waals surface area contributed by atoms with Gasteiger partial charge >= 0.3 is 0 Å². The lowest BCUT2D eigenvalue weighted by Crippen LogP contribution is -2.12. The molecule has 0 unspecified atom stereocenters. The predicted molar refractivity (Wildman–Crippen MR) is 94.3 cm³/mol. The van der Waals surface area contributed by atoms with Crippen molar-refractivity contribution in [1.82, 2.24) is 0 Å². The number of amides is 1. The highest BCUT2D eigenvalue weighted by Crippen LogP contribution is 2.37. The Bertz CT molecular complexity index is 776. The molecule has 5 heteroatoms. The van der Waals surface area contributed by atoms with Crippen LogP contribution in [0.4, 0.5) is 5.00 Å². The highest BCUT2D eigenvalue weighted by atomic mass is 35.5. The summed E-state index contributed by atoms with van der Waals surface area (Å²) in [6, 6.07) is 9.23. The van der Waals surface area contributed by atoms with E-state index >= 15 is 0 Å². The maximum atomic E-state index is 12.5. The number of nitrogens with zero attached hydrogens (tertiary/aromatic N) is 1. The molecular formula is C18H17ClN2OS. The smallest absolute Gasteiger partial charge is 0.257 e. The number of carbonyl (C=O) groups is 1. The van der Waals surface area contributed by atoms with Crippen molar-refractivity contribution in [2.45, 2.75) is 38.5 Å². The van der Waals surface area contributed by atoms with E-state index in [1.54, 1.807) is 35.6 Å². The van der Waals surface area contributed by atoms with Gasteiger partial charge in [-0.1, -0.05) is 36.6 Å². The molecular weight excluding hydrogens is 328 g/mol. The van der Waals surface area contributed by atoms with Crippen LogP contribution in [0.25, 0.3) is 0 Å². The number of anilines is 1. The number of halogens is 1. The van der Waals surface area contributed by atoms with Crippen LogP contribution in [-0.4, -0.2) is 5.91 Å². The number of hydrogen-bond donors (Lipinski definition) is 1. The van der Waals surface area contributed by atoms with E-state index in [4.69, 9.17) is 11.6 Å². The first kappa shape index (κ1) is 16.0. The van der Waals surface area contributed by atoms with E-state index < -0.39 is 0 Å². The van der Waals surface area contributed by atoms with E-state index in [0.29, 0.717) is 21.2 Å². The second-order valence-corrected chi connectivity index (χ2v) is 7.18. The third kappa shape index (κ3) is 3.41. The lowest BCUT2D eigenvalue weighted by Gasteiger charge is -2.08. The van der Waals surface area contributed by atoms with Crippen molar-refractivity contribution in [2.75, 3.05) is 5.32 Å². The lowest BCUT2D eigenvalue weighted by molar-refractivity contribution is 0.102. The number of hydrogen-bond acceptors (Lipinski definition) is 3. The van der Waals surface area contributed by atoms with Crippen LogP contribution >= 0.6 is 22.9 Å². The van der Waals surface area contributed by atoms with Crippen molar-refractivity contribution in [3.8, 4) is 6.07 Å². The molecule has 0 saturated heterocycles. The second kappa shape index (κ2) is 7.16. The van der Waals surface area contributed by atoms with Crippen molar-refractivity contribution in [3.63, 3.8) is 0 Å². The number of rotatable bonds is 2. The predicted octanol–water partition coefficient (Wildman–Crippen LogP) is 5.18. The summed E-state index contributed by atoms with van der Waals surface area (Å²) < 4.78 is 0. The normalized spacial score (nSPS) is 14.3. The van der Waals surface area contributed by atoms with Gasteiger partial charge in [0.2, 0.25) is 0 Å². The molecule has 1 aromatic heterocycles. The molecule has 0 atom stereocenters. The Labute approximate surface area is 144 Å². The molecule has 0 bridgehead atoms. The molecule has 1 N–H and O–H groups in total. The summed E-state index contributed by atoms with van der Waals surface area (Å²) in [4.78, 5) is 13.7. The zero-order valence-corrected chi connectivity index (χ0v) is 14.3. The number of carbonyl (C=O) groups excluding carboxylic acids is 1. The number of aryl methyl sites for hydroxylation is 1. The van der Waals surface area contributed by atoms with Crippen molar-refractivity contribution in [1.29, 1.82) is 5.26 Å². The number of nitriles is 1. The standard InChI is InChI=1S/C18H17ClN2OS/c19-15-9-6-5-8-13(15)17(22)21-18-14(11-20)12-7-3-1-2-4-10-16(12)23-18/h5-6,8-9H,1-4,7,10H2,(H,21,22). The fourth-order valence-corrected chi connectivity index (χ4v) is 4.40. The van der Waals surface area contributed by atoms with E-state index in [9.17, 15) is 10.1 Å². The Kier molecular flexibility index (Phi) is 5.00. The summed E-state index contributed by atoms with van der Waals surface area (Å²) >= 11 is 7.62. The molecule has 3 nitrogen and oxygen atoms in total. The van der Waals surface area contributed by atoms with Gasteiger partial charge in [-0.2, -0.15) is 5.26 Å². The van der Waals surface area contributed by atoms with Gasteiger partial charge in [0.05, 0.1) is 16.1 Å². The maximum Gasteiger partial charge on any atom is 0.257 e. The van der Waals surface area contributed by atoms with Crippen molar-refractivity contribution in [3.05, 3.63) is 50.9 Å². The summed E-state index contributed by atoms with van der Waals surface area (Å²) in [5.41, 5.74) is 2.19. The number of fused-ring (bicyclic) bond motifs is 1. The molecule has 0 aliphatic heterocycles. The Morgan fingerprint density at radius 2 is 1.91 bits per heavy atom. The zero-order valence-electron chi connectivity index (χ0n) is 12.7. The van der Waals surface area contributed by atoms with E-state index in [1.807, 2.05) is 0 Å². The summed E-state index contributed by atoms with van der Waals surface area (Å²) in [6.45, 7) is 0. The average molecular weight is 345 g/mol. The fourth-order valence-electron chi connectivity index (χ4n) is 2.94. The van der Waals surface area contributed by atoms with Crippen molar-refractivity contribution in [2.24, 2.45) is 0 Å². The van der Waals surface area contributed by atoms with Gasteiger partial charge in [0, 0.05) is 4.88 Å². The second-order valence-electron chi connectivity index (χ2n) is 5.67. The molecule has 1 heterocycles. The molecule has 118 valence electrons. The van der Waals surface area contributed by atoms with Crippen LogP contribution in [0, 0.1) is 11.3 Å². The van der Waals surface area contributed by atoms with Crippen molar-refractivity contribution >= 4 is 33.8 Å². The van der Waals surface area contributed by atoms with Crippen LogP contribution < -0.4 is 5.32 Å². The number of benzene rings is 1. The molecule has 1 aliphatic carbocycles. The first-order chi connectivity index (χ1) is 11.2. The summed E-state index contributed by atoms with van der Waals surface area (Å²) in [6.07, 6.45) is 6.63. The lowest BCUT2D eigenvalue weighted by atomic mass is 9.97. The summed E-state index contributed by atoms with van der Waals surface area (Å²) in [7, 11) is 0. The molecule has 0 fully saturated rings. The Morgan fingerprint density at radius 1 is 1.17 bits per heavy atom. The van der Waals surface area contributed by atoms with Crippen LogP contribution in [0.5, 0.6) is 0 Å². The third-order valence-electron chi connectivity index (χ3n) is 4.13. The number of thiophene rings is 1. The quantitative estimate of drug-likeness (QED) is 0.815. The van der Waals surface area contributed by atoms with Crippen LogP contribution in [0.1, 0.15) is 52.0 Å². The van der Waals surface area contributed by atoms with Crippen molar-refractivity contribution < 1.29 is 4.79 Å². The molecule has 3 rings (SSSR count). The van der Waals surface area contributed by atoms with E-state index in [0.717, 1.165) is 31.2 Å². The van der Waals surface area contributed by atoms with Gasteiger partial charge < -0.3 is 5.32 Å².